The van der Waals surface area contributed by atoms with Crippen molar-refractivity contribution in [2.75, 3.05) is 51.8 Å². The number of piperidine rings is 1. The summed E-state index contributed by atoms with van der Waals surface area (Å²) < 4.78 is 50.9. The lowest BCUT2D eigenvalue weighted by Gasteiger charge is -2.35. The molecule has 1 aromatic heterocycles. The first-order chi connectivity index (χ1) is 15.0. The molecule has 10 heteroatoms. The molecule has 7 nitrogen and oxygen atoms in total. The molecule has 1 aromatic rings. The number of nitrogens with one attached hydrogen (secondary N) is 2. The highest BCUT2D eigenvalue weighted by Crippen LogP contribution is 2.33. The van der Waals surface area contributed by atoms with Gasteiger partial charge in [-0.25, -0.2) is 4.98 Å². The molecule has 3 rings (SSSR count). The van der Waals surface area contributed by atoms with E-state index in [4.69, 9.17) is 9.47 Å². The molecule has 1 atom stereocenters. The van der Waals surface area contributed by atoms with Crippen LogP contribution in [0.3, 0.4) is 0 Å². The molecule has 0 amide bonds. The van der Waals surface area contributed by atoms with Crippen LogP contribution in [0.15, 0.2) is 23.3 Å². The summed E-state index contributed by atoms with van der Waals surface area (Å²) in [6.07, 6.45) is 2.61. The molecule has 174 valence electrons. The minimum atomic E-state index is -4.43. The Hall–Kier alpha value is -2.07. The Labute approximate surface area is 181 Å². The molecule has 2 aliphatic heterocycles. The molecule has 2 aliphatic rings. The largest absolute Gasteiger partial charge is 0.419 e. The first-order valence-electron chi connectivity index (χ1n) is 10.9. The molecule has 3 heterocycles. The average molecular weight is 444 g/mol. The van der Waals surface area contributed by atoms with Crippen molar-refractivity contribution in [1.82, 2.24) is 15.2 Å². The molecule has 0 spiro atoms. The van der Waals surface area contributed by atoms with Crippen molar-refractivity contribution in [3.05, 3.63) is 23.9 Å². The van der Waals surface area contributed by atoms with Crippen LogP contribution in [-0.2, 0) is 15.7 Å². The van der Waals surface area contributed by atoms with E-state index in [1.807, 2.05) is 0 Å². The van der Waals surface area contributed by atoms with Gasteiger partial charge in [0.25, 0.3) is 0 Å². The molecule has 0 radical (unpaired) electrons. The van der Waals surface area contributed by atoms with Crippen LogP contribution in [0.25, 0.3) is 0 Å². The fourth-order valence-corrected chi connectivity index (χ4v) is 3.88. The van der Waals surface area contributed by atoms with E-state index in [1.54, 1.807) is 7.05 Å². The maximum absolute atomic E-state index is 13.0. The summed E-state index contributed by atoms with van der Waals surface area (Å²) in [6.45, 7) is 3.86. The molecule has 31 heavy (non-hydrogen) atoms. The number of hydrogen-bond acceptors (Lipinski definition) is 5. The maximum atomic E-state index is 13.0. The Morgan fingerprint density at radius 1 is 1.26 bits per heavy atom. The first kappa shape index (κ1) is 23.6. The summed E-state index contributed by atoms with van der Waals surface area (Å²) in [5.74, 6) is 0.583. The number of halogens is 3. The Morgan fingerprint density at radius 3 is 2.74 bits per heavy atom. The van der Waals surface area contributed by atoms with Gasteiger partial charge in [-0.15, -0.1) is 0 Å². The molecule has 0 saturated carbocycles. The van der Waals surface area contributed by atoms with Gasteiger partial charge in [-0.2, -0.15) is 13.2 Å². The van der Waals surface area contributed by atoms with Gasteiger partial charge in [0.15, 0.2) is 5.96 Å². The molecule has 1 unspecified atom stereocenters. The summed E-state index contributed by atoms with van der Waals surface area (Å²) in [7, 11) is 1.71. The number of rotatable bonds is 7. The monoisotopic (exact) mass is 443 g/mol. The van der Waals surface area contributed by atoms with Crippen molar-refractivity contribution >= 4 is 11.8 Å². The molecular formula is C21H32F3N5O2. The third-order valence-electron chi connectivity index (χ3n) is 5.56. The van der Waals surface area contributed by atoms with E-state index in [1.165, 1.54) is 18.7 Å². The third kappa shape index (κ3) is 7.24. The lowest BCUT2D eigenvalue weighted by Crippen LogP contribution is -2.48. The number of ether oxygens (including phenoxy) is 2. The second kappa shape index (κ2) is 11.5. The summed E-state index contributed by atoms with van der Waals surface area (Å²) >= 11 is 0. The van der Waals surface area contributed by atoms with Crippen LogP contribution < -0.4 is 10.6 Å². The van der Waals surface area contributed by atoms with Gasteiger partial charge in [0.05, 0.1) is 24.4 Å². The van der Waals surface area contributed by atoms with Gasteiger partial charge in [-0.05, 0) is 44.2 Å². The van der Waals surface area contributed by atoms with E-state index >= 15 is 0 Å². The van der Waals surface area contributed by atoms with Gasteiger partial charge in [0.1, 0.15) is 5.82 Å². The number of likely N-dealkylation sites (tertiary alicyclic amines) is 1. The Bertz CT molecular complexity index is 703. The molecule has 2 fully saturated rings. The van der Waals surface area contributed by atoms with Crippen LogP contribution in [0, 0.1) is 0 Å². The van der Waals surface area contributed by atoms with Gasteiger partial charge >= 0.3 is 6.18 Å². The van der Waals surface area contributed by atoms with Gasteiger partial charge in [-0.1, -0.05) is 0 Å². The number of aromatic nitrogens is 1. The Balaban J connectivity index is 1.36. The zero-order valence-electron chi connectivity index (χ0n) is 18.0. The standard InChI is InChI=1S/C21H32F3N5O2/c1-25-20(28-11-10-27-19-18(21(22,23)24)6-4-9-26-19)29-12-7-16(8-13-29)31-15-17-5-2-3-14-30-17/h4,6,9,16-17H,2-3,5,7-8,10-15H2,1H3,(H,25,28)(H,26,27). The van der Waals surface area contributed by atoms with E-state index in [0.29, 0.717) is 19.7 Å². The minimum absolute atomic E-state index is 0.160. The highest BCUT2D eigenvalue weighted by molar-refractivity contribution is 5.80. The van der Waals surface area contributed by atoms with Crippen molar-refractivity contribution in [2.45, 2.75) is 50.5 Å². The van der Waals surface area contributed by atoms with Crippen molar-refractivity contribution in [1.29, 1.82) is 0 Å². The predicted molar refractivity (Wildman–Crippen MR) is 113 cm³/mol. The van der Waals surface area contributed by atoms with Crippen molar-refractivity contribution in [3.8, 4) is 0 Å². The number of pyridine rings is 1. The van der Waals surface area contributed by atoms with Crippen molar-refractivity contribution in [2.24, 2.45) is 4.99 Å². The second-order valence-electron chi connectivity index (χ2n) is 7.81. The van der Waals surface area contributed by atoms with E-state index < -0.39 is 11.7 Å². The van der Waals surface area contributed by atoms with Gasteiger partial charge in [0, 0.05) is 46.0 Å². The van der Waals surface area contributed by atoms with Crippen LogP contribution >= 0.6 is 0 Å². The topological polar surface area (TPSA) is 71.0 Å². The van der Waals surface area contributed by atoms with Crippen molar-refractivity contribution in [3.63, 3.8) is 0 Å². The summed E-state index contributed by atoms with van der Waals surface area (Å²) in [4.78, 5) is 10.3. The molecule has 0 aliphatic carbocycles. The van der Waals surface area contributed by atoms with Crippen LogP contribution in [0.2, 0.25) is 0 Å². The second-order valence-corrected chi connectivity index (χ2v) is 7.81. The lowest BCUT2D eigenvalue weighted by molar-refractivity contribution is -0.137. The van der Waals surface area contributed by atoms with E-state index in [-0.39, 0.29) is 18.0 Å². The van der Waals surface area contributed by atoms with E-state index in [9.17, 15) is 13.2 Å². The Kier molecular flexibility index (Phi) is 8.77. The zero-order chi connectivity index (χ0) is 22.1. The normalized spacial score (nSPS) is 21.2. The number of guanidine groups is 1. The van der Waals surface area contributed by atoms with E-state index in [0.717, 1.165) is 57.4 Å². The lowest BCUT2D eigenvalue weighted by atomic mass is 10.1. The summed E-state index contributed by atoms with van der Waals surface area (Å²) in [5, 5.41) is 5.97. The predicted octanol–water partition coefficient (Wildman–Crippen LogP) is 3.14. The van der Waals surface area contributed by atoms with Crippen LogP contribution in [0.1, 0.15) is 37.7 Å². The number of aliphatic imine (C=N–C) groups is 1. The summed E-state index contributed by atoms with van der Waals surface area (Å²) in [6, 6.07) is 2.30. The molecule has 0 aromatic carbocycles. The number of alkyl halides is 3. The van der Waals surface area contributed by atoms with E-state index in [2.05, 4.69) is 25.5 Å². The zero-order valence-corrected chi connectivity index (χ0v) is 18.0. The quantitative estimate of drug-likeness (QED) is 0.383. The smallest absolute Gasteiger partial charge is 0.376 e. The van der Waals surface area contributed by atoms with Crippen LogP contribution in [0.5, 0.6) is 0 Å². The number of anilines is 1. The Morgan fingerprint density at radius 2 is 2.06 bits per heavy atom. The maximum Gasteiger partial charge on any atom is 0.419 e. The highest BCUT2D eigenvalue weighted by Gasteiger charge is 2.34. The molecule has 0 bridgehead atoms. The van der Waals surface area contributed by atoms with Gasteiger partial charge in [0.2, 0.25) is 0 Å². The SMILES string of the molecule is CN=C(NCCNc1ncccc1C(F)(F)F)N1CCC(OCC2CCCCO2)CC1. The minimum Gasteiger partial charge on any atom is -0.376 e. The molecule has 2 saturated heterocycles. The number of nitrogens with zero attached hydrogens (tertiary/aromatic N) is 3. The number of hydrogen-bond donors (Lipinski definition) is 2. The third-order valence-corrected chi connectivity index (χ3v) is 5.56. The fourth-order valence-electron chi connectivity index (χ4n) is 3.88. The van der Waals surface area contributed by atoms with Crippen molar-refractivity contribution < 1.29 is 22.6 Å². The summed E-state index contributed by atoms with van der Waals surface area (Å²) in [5.41, 5.74) is -0.764. The molecular weight excluding hydrogens is 411 g/mol. The van der Waals surface area contributed by atoms with Gasteiger partial charge < -0.3 is 25.0 Å². The average Bonchev–Trinajstić information content (AvgIpc) is 2.78. The van der Waals surface area contributed by atoms with Gasteiger partial charge in [-0.3, -0.25) is 4.99 Å². The van der Waals surface area contributed by atoms with Crippen LogP contribution in [-0.4, -0.2) is 74.5 Å². The fraction of sp³-hybridized carbons (Fsp3) is 0.714. The molecule has 2 N–H and O–H groups in total. The highest BCUT2D eigenvalue weighted by atomic mass is 19.4. The van der Waals surface area contributed by atoms with Crippen LogP contribution in [0.4, 0.5) is 19.0 Å². The first-order valence-corrected chi connectivity index (χ1v) is 10.9.